The fourth-order valence-electron chi connectivity index (χ4n) is 2.83. The van der Waals surface area contributed by atoms with Crippen molar-refractivity contribution >= 4 is 11.8 Å². The number of amides is 1. The molecule has 1 aliphatic heterocycles. The number of carbonyl (C=O) groups is 1. The second-order valence-electron chi connectivity index (χ2n) is 7.49. The maximum Gasteiger partial charge on any atom is 0.412 e. The Morgan fingerprint density at radius 2 is 2.17 bits per heavy atom. The van der Waals surface area contributed by atoms with Gasteiger partial charge in [-0.25, -0.2) is 9.18 Å². The van der Waals surface area contributed by atoms with Crippen LogP contribution in [-0.2, 0) is 15.9 Å². The van der Waals surface area contributed by atoms with Crippen LogP contribution < -0.4 is 5.73 Å². The first-order valence-corrected chi connectivity index (χ1v) is 8.05. The van der Waals surface area contributed by atoms with Crippen LogP contribution in [-0.4, -0.2) is 40.0 Å². The van der Waals surface area contributed by atoms with Crippen LogP contribution in [0.15, 0.2) is 12.4 Å². The molecule has 1 atom stereocenters. The van der Waals surface area contributed by atoms with E-state index in [1.54, 1.807) is 4.90 Å². The first kappa shape index (κ1) is 18.4. The highest BCUT2D eigenvalue weighted by Crippen LogP contribution is 2.32. The zero-order chi connectivity index (χ0) is 18.1. The van der Waals surface area contributed by atoms with Gasteiger partial charge in [-0.3, -0.25) is 9.88 Å². The van der Waals surface area contributed by atoms with Crippen molar-refractivity contribution in [3.05, 3.63) is 23.8 Å². The van der Waals surface area contributed by atoms with Crippen LogP contribution >= 0.6 is 0 Å². The maximum atomic E-state index is 13.9. The average Bonchev–Trinajstić information content (AvgIpc) is 2.71. The summed E-state index contributed by atoms with van der Waals surface area (Å²) in [5.74, 6) is -0.433. The molecule has 1 amide bonds. The minimum absolute atomic E-state index is 0.207. The van der Waals surface area contributed by atoms with Crippen molar-refractivity contribution in [2.45, 2.75) is 64.8 Å². The molecular weight excluding hydrogens is 313 g/mol. The molecular formula is C17H26FN3O3. The zero-order valence-electron chi connectivity index (χ0n) is 14.9. The summed E-state index contributed by atoms with van der Waals surface area (Å²) < 4.78 is 25.1. The predicted molar refractivity (Wildman–Crippen MR) is 88.8 cm³/mol. The third-order valence-corrected chi connectivity index (χ3v) is 3.93. The molecule has 1 saturated heterocycles. The van der Waals surface area contributed by atoms with Crippen molar-refractivity contribution in [1.29, 1.82) is 0 Å². The van der Waals surface area contributed by atoms with Gasteiger partial charge < -0.3 is 15.2 Å². The monoisotopic (exact) mass is 339 g/mol. The Labute approximate surface area is 142 Å². The molecule has 2 heterocycles. The first-order valence-electron chi connectivity index (χ1n) is 8.05. The fraction of sp³-hybridized carbons (Fsp3) is 0.647. The van der Waals surface area contributed by atoms with Gasteiger partial charge in [0, 0.05) is 5.56 Å². The van der Waals surface area contributed by atoms with E-state index in [0.29, 0.717) is 30.7 Å². The molecule has 0 saturated carbocycles. The minimum Gasteiger partial charge on any atom is -0.444 e. The van der Waals surface area contributed by atoms with Crippen molar-refractivity contribution < 1.29 is 18.7 Å². The van der Waals surface area contributed by atoms with E-state index in [2.05, 4.69) is 4.98 Å². The number of anilines is 1. The van der Waals surface area contributed by atoms with E-state index in [0.717, 1.165) is 6.20 Å². The maximum absolute atomic E-state index is 13.9. The van der Waals surface area contributed by atoms with Crippen LogP contribution in [0.3, 0.4) is 0 Å². The number of rotatable bonds is 3. The Kier molecular flexibility index (Phi) is 5.03. The largest absolute Gasteiger partial charge is 0.444 e. The first-order chi connectivity index (χ1) is 11.0. The molecule has 134 valence electrons. The van der Waals surface area contributed by atoms with Gasteiger partial charge in [-0.1, -0.05) is 0 Å². The molecule has 0 bridgehead atoms. The second-order valence-corrected chi connectivity index (χ2v) is 7.49. The Hall–Kier alpha value is -1.89. The molecule has 1 aliphatic rings. The van der Waals surface area contributed by atoms with Gasteiger partial charge in [-0.05, 0) is 47.5 Å². The molecule has 2 rings (SSSR count). The third-order valence-electron chi connectivity index (χ3n) is 3.93. The Bertz CT molecular complexity index is 593. The van der Waals surface area contributed by atoms with Crippen LogP contribution in [0.5, 0.6) is 0 Å². The molecule has 0 spiro atoms. The quantitative estimate of drug-likeness (QED) is 0.915. The number of hydrogen-bond donors (Lipinski definition) is 1. The molecule has 24 heavy (non-hydrogen) atoms. The highest BCUT2D eigenvalue weighted by Gasteiger charge is 2.45. The molecule has 0 aromatic carbocycles. The highest BCUT2D eigenvalue weighted by atomic mass is 19.1. The number of aromatic nitrogens is 1. The van der Waals surface area contributed by atoms with E-state index in [9.17, 15) is 9.18 Å². The van der Waals surface area contributed by atoms with Crippen molar-refractivity contribution in [1.82, 2.24) is 9.88 Å². The van der Waals surface area contributed by atoms with Gasteiger partial charge in [-0.2, -0.15) is 0 Å². The lowest BCUT2D eigenvalue weighted by Crippen LogP contribution is -2.50. The molecule has 1 aromatic rings. The summed E-state index contributed by atoms with van der Waals surface area (Å²) in [5.41, 5.74) is 5.17. The van der Waals surface area contributed by atoms with E-state index in [4.69, 9.17) is 15.2 Å². The number of pyridine rings is 1. The summed E-state index contributed by atoms with van der Waals surface area (Å²) in [7, 11) is 0. The molecule has 2 N–H and O–H groups in total. The summed E-state index contributed by atoms with van der Waals surface area (Å²) in [6, 6.07) is -0.207. The number of nitrogens with zero attached hydrogens (tertiary/aromatic N) is 2. The van der Waals surface area contributed by atoms with Gasteiger partial charge in [0.1, 0.15) is 17.1 Å². The average molecular weight is 339 g/mol. The fourth-order valence-corrected chi connectivity index (χ4v) is 2.83. The Morgan fingerprint density at radius 3 is 2.75 bits per heavy atom. The van der Waals surface area contributed by atoms with Gasteiger partial charge in [0.25, 0.3) is 0 Å². The van der Waals surface area contributed by atoms with Crippen molar-refractivity contribution in [3.8, 4) is 0 Å². The number of ether oxygens (including phenoxy) is 2. The zero-order valence-corrected chi connectivity index (χ0v) is 14.9. The summed E-state index contributed by atoms with van der Waals surface area (Å²) in [5, 5.41) is 0. The van der Waals surface area contributed by atoms with E-state index in [1.165, 1.54) is 6.20 Å². The van der Waals surface area contributed by atoms with Crippen LogP contribution in [0.1, 0.15) is 46.6 Å². The molecule has 0 aliphatic carbocycles. The lowest BCUT2D eigenvalue weighted by Gasteiger charge is -2.35. The summed E-state index contributed by atoms with van der Waals surface area (Å²) >= 11 is 0. The number of nitrogens with two attached hydrogens (primary N) is 1. The standard InChI is InChI=1S/C17H26FN3O3/c1-16(2,3)24-15(22)21-11(10-23-17(21,4)5)6-7-12-13(18)8-20-9-14(12)19/h8-9,11H,6-7,10,19H2,1-5H3/t11-/m0/s1. The number of carbonyl (C=O) groups excluding carboxylic acids is 1. The number of nitrogen functional groups attached to an aromatic ring is 1. The lowest BCUT2D eigenvalue weighted by atomic mass is 10.0. The number of hydrogen-bond acceptors (Lipinski definition) is 5. The van der Waals surface area contributed by atoms with E-state index in [1.807, 2.05) is 34.6 Å². The number of halogens is 1. The summed E-state index contributed by atoms with van der Waals surface area (Å²) in [6.45, 7) is 9.46. The molecule has 0 radical (unpaired) electrons. The van der Waals surface area contributed by atoms with Gasteiger partial charge in [0.05, 0.1) is 30.7 Å². The topological polar surface area (TPSA) is 77.7 Å². The van der Waals surface area contributed by atoms with Crippen molar-refractivity contribution in [2.75, 3.05) is 12.3 Å². The van der Waals surface area contributed by atoms with Crippen LogP contribution in [0.4, 0.5) is 14.9 Å². The minimum atomic E-state index is -0.769. The second kappa shape index (κ2) is 6.55. The lowest BCUT2D eigenvalue weighted by molar-refractivity contribution is -0.0626. The summed E-state index contributed by atoms with van der Waals surface area (Å²) in [6.07, 6.45) is 3.06. The van der Waals surface area contributed by atoms with E-state index >= 15 is 0 Å². The normalized spacial score (nSPS) is 20.2. The van der Waals surface area contributed by atoms with Crippen molar-refractivity contribution in [2.24, 2.45) is 0 Å². The molecule has 7 heteroatoms. The smallest absolute Gasteiger partial charge is 0.412 e. The SMILES string of the molecule is CC(C)(C)OC(=O)N1[C@@H](CCc2c(N)cncc2F)COC1(C)C. The van der Waals surface area contributed by atoms with Gasteiger partial charge >= 0.3 is 6.09 Å². The van der Waals surface area contributed by atoms with E-state index < -0.39 is 23.2 Å². The van der Waals surface area contributed by atoms with Crippen LogP contribution in [0.2, 0.25) is 0 Å². The van der Waals surface area contributed by atoms with Crippen molar-refractivity contribution in [3.63, 3.8) is 0 Å². The third kappa shape index (κ3) is 4.14. The predicted octanol–water partition coefficient (Wildman–Crippen LogP) is 3.11. The van der Waals surface area contributed by atoms with Gasteiger partial charge in [0.2, 0.25) is 0 Å². The van der Waals surface area contributed by atoms with Crippen LogP contribution in [0.25, 0.3) is 0 Å². The Balaban J connectivity index is 2.12. The van der Waals surface area contributed by atoms with Gasteiger partial charge in [0.15, 0.2) is 0 Å². The molecule has 1 aromatic heterocycles. The summed E-state index contributed by atoms with van der Waals surface area (Å²) in [4.78, 5) is 17.9. The van der Waals surface area contributed by atoms with Crippen LogP contribution in [0, 0.1) is 5.82 Å². The molecule has 1 fully saturated rings. The molecule has 6 nitrogen and oxygen atoms in total. The Morgan fingerprint density at radius 1 is 1.50 bits per heavy atom. The molecule has 0 unspecified atom stereocenters. The highest BCUT2D eigenvalue weighted by molar-refractivity contribution is 5.69. The van der Waals surface area contributed by atoms with Gasteiger partial charge in [-0.15, -0.1) is 0 Å². The van der Waals surface area contributed by atoms with E-state index in [-0.39, 0.29) is 6.04 Å².